The molecule has 0 nitrogen and oxygen atoms in total. The Bertz CT molecular complexity index is 1250. The Morgan fingerprint density at radius 1 is 0.424 bits per heavy atom. The molecule has 33 heavy (non-hydrogen) atoms. The monoisotopic (exact) mass is 450 g/mol. The third kappa shape index (κ3) is 4.27. The highest BCUT2D eigenvalue weighted by molar-refractivity contribution is 7.99. The van der Waals surface area contributed by atoms with Crippen molar-refractivity contribution in [3.63, 3.8) is 0 Å². The number of aryl methyl sites for hydroxylation is 6. The minimum Gasteiger partial charge on any atom is -0.0889 e. The fourth-order valence-corrected chi connectivity index (χ4v) is 6.44. The molecular formula is C32H34S. The smallest absolute Gasteiger partial charge is 0.0187 e. The van der Waals surface area contributed by atoms with Gasteiger partial charge in [0.25, 0.3) is 0 Å². The van der Waals surface area contributed by atoms with Gasteiger partial charge in [0.15, 0.2) is 0 Å². The highest BCUT2D eigenvalue weighted by Gasteiger charge is 2.19. The Balaban J connectivity index is 1.91. The number of rotatable bonds is 4. The lowest BCUT2D eigenvalue weighted by molar-refractivity contribution is 1.16. The van der Waals surface area contributed by atoms with E-state index in [1.165, 1.54) is 76.6 Å². The molecule has 1 heteroatoms. The van der Waals surface area contributed by atoms with Crippen molar-refractivity contribution < 1.29 is 0 Å². The predicted octanol–water partition coefficient (Wildman–Crippen LogP) is 9.64. The van der Waals surface area contributed by atoms with E-state index in [0.717, 1.165) is 0 Å². The second-order valence-electron chi connectivity index (χ2n) is 9.41. The summed E-state index contributed by atoms with van der Waals surface area (Å²) in [6.45, 7) is 18.0. The van der Waals surface area contributed by atoms with Gasteiger partial charge in [0.05, 0.1) is 0 Å². The standard InChI is InChI=1S/C32H34S/c1-19-13-9-11-15-27(19)29-21(3)17-23(5)31(25(29)7)33-32-24(6)18-22(4)30(26(32)8)28-16-12-10-14-20(28)2/h9-18H,1-8H3. The first-order valence-electron chi connectivity index (χ1n) is 11.7. The highest BCUT2D eigenvalue weighted by Crippen LogP contribution is 2.45. The third-order valence-electron chi connectivity index (χ3n) is 6.84. The molecule has 0 aliphatic carbocycles. The van der Waals surface area contributed by atoms with Gasteiger partial charge >= 0.3 is 0 Å². The van der Waals surface area contributed by atoms with E-state index in [0.29, 0.717) is 0 Å². The quantitative estimate of drug-likeness (QED) is 0.298. The molecule has 0 fully saturated rings. The average molecular weight is 451 g/mol. The molecular weight excluding hydrogens is 416 g/mol. The van der Waals surface area contributed by atoms with Crippen LogP contribution in [0.5, 0.6) is 0 Å². The molecule has 0 N–H and O–H groups in total. The van der Waals surface area contributed by atoms with Crippen LogP contribution in [0.2, 0.25) is 0 Å². The van der Waals surface area contributed by atoms with Gasteiger partial charge in [-0.1, -0.05) is 72.4 Å². The third-order valence-corrected chi connectivity index (χ3v) is 8.50. The maximum atomic E-state index is 2.36. The first kappa shape index (κ1) is 23.4. The summed E-state index contributed by atoms with van der Waals surface area (Å²) in [6, 6.07) is 22.2. The van der Waals surface area contributed by atoms with Crippen LogP contribution in [-0.2, 0) is 0 Å². The molecule has 0 atom stereocenters. The van der Waals surface area contributed by atoms with E-state index in [-0.39, 0.29) is 0 Å². The van der Waals surface area contributed by atoms with Crippen LogP contribution in [0.1, 0.15) is 44.5 Å². The highest BCUT2D eigenvalue weighted by atomic mass is 32.2. The van der Waals surface area contributed by atoms with Crippen molar-refractivity contribution in [2.45, 2.75) is 65.2 Å². The Hall–Kier alpha value is -2.77. The second kappa shape index (κ2) is 9.23. The molecule has 0 radical (unpaired) electrons. The Morgan fingerprint density at radius 3 is 1.15 bits per heavy atom. The molecule has 0 saturated carbocycles. The topological polar surface area (TPSA) is 0 Å². The van der Waals surface area contributed by atoms with Crippen LogP contribution in [-0.4, -0.2) is 0 Å². The van der Waals surface area contributed by atoms with Crippen LogP contribution < -0.4 is 0 Å². The SMILES string of the molecule is Cc1ccccc1-c1c(C)cc(C)c(Sc2c(C)cc(C)c(-c3ccccc3C)c2C)c1C. The molecule has 0 saturated heterocycles. The van der Waals surface area contributed by atoms with E-state index in [4.69, 9.17) is 0 Å². The molecule has 0 bridgehead atoms. The summed E-state index contributed by atoms with van der Waals surface area (Å²) in [4.78, 5) is 2.76. The van der Waals surface area contributed by atoms with Gasteiger partial charge in [0.2, 0.25) is 0 Å². The van der Waals surface area contributed by atoms with Gasteiger partial charge in [-0.2, -0.15) is 0 Å². The molecule has 0 heterocycles. The largest absolute Gasteiger partial charge is 0.0889 e. The number of hydrogen-bond donors (Lipinski definition) is 0. The van der Waals surface area contributed by atoms with Gasteiger partial charge in [-0.15, -0.1) is 0 Å². The lowest BCUT2D eigenvalue weighted by atomic mass is 9.91. The zero-order valence-electron chi connectivity index (χ0n) is 21.2. The molecule has 0 unspecified atom stereocenters. The molecule has 0 aliphatic rings. The van der Waals surface area contributed by atoms with Crippen LogP contribution in [0.3, 0.4) is 0 Å². The van der Waals surface area contributed by atoms with E-state index < -0.39 is 0 Å². The van der Waals surface area contributed by atoms with Crippen LogP contribution in [0, 0.1) is 55.4 Å². The van der Waals surface area contributed by atoms with Crippen molar-refractivity contribution in [1.29, 1.82) is 0 Å². The normalized spacial score (nSPS) is 11.2. The second-order valence-corrected chi connectivity index (χ2v) is 10.4. The van der Waals surface area contributed by atoms with Gasteiger partial charge in [0, 0.05) is 9.79 Å². The van der Waals surface area contributed by atoms with Crippen LogP contribution >= 0.6 is 11.8 Å². The molecule has 4 aromatic carbocycles. The summed E-state index contributed by atoms with van der Waals surface area (Å²) in [5.41, 5.74) is 16.2. The van der Waals surface area contributed by atoms with E-state index >= 15 is 0 Å². The maximum absolute atomic E-state index is 2.36. The molecule has 0 spiro atoms. The van der Waals surface area contributed by atoms with Gasteiger partial charge < -0.3 is 0 Å². The first-order valence-corrected chi connectivity index (χ1v) is 12.5. The molecule has 0 aromatic heterocycles. The Kier molecular flexibility index (Phi) is 6.54. The van der Waals surface area contributed by atoms with E-state index in [1.54, 1.807) is 0 Å². The molecule has 168 valence electrons. The number of benzene rings is 4. The molecule has 0 amide bonds. The zero-order valence-corrected chi connectivity index (χ0v) is 22.0. The molecule has 4 aromatic rings. The average Bonchev–Trinajstić information content (AvgIpc) is 2.75. The van der Waals surface area contributed by atoms with Crippen LogP contribution in [0.25, 0.3) is 22.3 Å². The van der Waals surface area contributed by atoms with E-state index in [1.807, 2.05) is 11.8 Å². The zero-order chi connectivity index (χ0) is 23.9. The van der Waals surface area contributed by atoms with Gasteiger partial charge in [-0.25, -0.2) is 0 Å². The van der Waals surface area contributed by atoms with Gasteiger partial charge in [0.1, 0.15) is 0 Å². The van der Waals surface area contributed by atoms with Gasteiger partial charge in [-0.3, -0.25) is 0 Å². The van der Waals surface area contributed by atoms with Crippen LogP contribution in [0.15, 0.2) is 70.5 Å². The van der Waals surface area contributed by atoms with E-state index in [9.17, 15) is 0 Å². The Morgan fingerprint density at radius 2 is 0.788 bits per heavy atom. The lowest BCUT2D eigenvalue weighted by Crippen LogP contribution is -1.99. The van der Waals surface area contributed by atoms with Crippen molar-refractivity contribution in [2.75, 3.05) is 0 Å². The molecule has 4 rings (SSSR count). The van der Waals surface area contributed by atoms with Crippen LogP contribution in [0.4, 0.5) is 0 Å². The van der Waals surface area contributed by atoms with Gasteiger partial charge in [-0.05, 0) is 122 Å². The summed E-state index contributed by atoms with van der Waals surface area (Å²) in [5, 5.41) is 0. The van der Waals surface area contributed by atoms with Crippen molar-refractivity contribution in [3.8, 4) is 22.3 Å². The summed E-state index contributed by atoms with van der Waals surface area (Å²) in [6.07, 6.45) is 0. The van der Waals surface area contributed by atoms with Crippen molar-refractivity contribution in [1.82, 2.24) is 0 Å². The fourth-order valence-electron chi connectivity index (χ4n) is 5.29. The van der Waals surface area contributed by atoms with Crippen molar-refractivity contribution in [3.05, 3.63) is 105 Å². The maximum Gasteiger partial charge on any atom is 0.0187 e. The number of hydrogen-bond acceptors (Lipinski definition) is 1. The Labute approximate surface area is 204 Å². The summed E-state index contributed by atoms with van der Waals surface area (Å²) < 4.78 is 0. The molecule has 0 aliphatic heterocycles. The minimum atomic E-state index is 1.33. The summed E-state index contributed by atoms with van der Waals surface area (Å²) in [5.74, 6) is 0. The van der Waals surface area contributed by atoms with Crippen molar-refractivity contribution in [2.24, 2.45) is 0 Å². The van der Waals surface area contributed by atoms with Crippen molar-refractivity contribution >= 4 is 11.8 Å². The fraction of sp³-hybridized carbons (Fsp3) is 0.250. The summed E-state index contributed by atoms with van der Waals surface area (Å²) >= 11 is 1.94. The first-order chi connectivity index (χ1) is 15.7. The predicted molar refractivity (Wildman–Crippen MR) is 146 cm³/mol. The summed E-state index contributed by atoms with van der Waals surface area (Å²) in [7, 11) is 0. The van der Waals surface area contributed by atoms with E-state index in [2.05, 4.69) is 116 Å². The lowest BCUT2D eigenvalue weighted by Gasteiger charge is -2.22. The minimum absolute atomic E-state index is 1.33.